The Bertz CT molecular complexity index is 978. The highest BCUT2D eigenvalue weighted by molar-refractivity contribution is 5.92. The van der Waals surface area contributed by atoms with Crippen molar-refractivity contribution in [3.8, 4) is 0 Å². The summed E-state index contributed by atoms with van der Waals surface area (Å²) in [6, 6.07) is -1.71. The van der Waals surface area contributed by atoms with Crippen LogP contribution in [-0.4, -0.2) is 90.2 Å². The fourth-order valence-electron chi connectivity index (χ4n) is 7.09. The second-order valence-corrected chi connectivity index (χ2v) is 14.2. The summed E-state index contributed by atoms with van der Waals surface area (Å²) in [6.45, 7) is 6.65. The van der Waals surface area contributed by atoms with Gasteiger partial charge in [-0.1, -0.05) is 90.9 Å². The molecule has 0 aromatic rings. The highest BCUT2D eigenvalue weighted by Gasteiger charge is 2.36. The van der Waals surface area contributed by atoms with Crippen LogP contribution in [0.25, 0.3) is 0 Å². The second kappa shape index (κ2) is 26.2. The minimum Gasteiger partial charge on any atom is -0.354 e. The van der Waals surface area contributed by atoms with Crippen LogP contribution in [0.4, 0.5) is 0 Å². The Balaban J connectivity index is 1.76. The van der Waals surface area contributed by atoms with Crippen LogP contribution in [0.5, 0.6) is 0 Å². The quantitative estimate of drug-likeness (QED) is 0.0881. The zero-order chi connectivity index (χ0) is 35.7. The van der Waals surface area contributed by atoms with E-state index in [-0.39, 0.29) is 29.5 Å². The van der Waals surface area contributed by atoms with Crippen LogP contribution < -0.4 is 21.7 Å². The molecule has 0 radical (unpaired) electrons. The predicted octanol–water partition coefficient (Wildman–Crippen LogP) is 5.10. The topological polar surface area (TPSA) is 154 Å². The van der Waals surface area contributed by atoms with Gasteiger partial charge in [0.1, 0.15) is 18.1 Å². The molecule has 49 heavy (non-hydrogen) atoms. The molecule has 0 aromatic heterocycles. The lowest BCUT2D eigenvalue weighted by atomic mass is 10.1. The Morgan fingerprint density at radius 2 is 1.10 bits per heavy atom. The highest BCUT2D eigenvalue weighted by Crippen LogP contribution is 2.22. The number of carbonyl (C=O) groups excluding carboxylic acids is 5. The highest BCUT2D eigenvalue weighted by atomic mass is 16.2. The first-order chi connectivity index (χ1) is 23.8. The lowest BCUT2D eigenvalue weighted by molar-refractivity contribution is -0.139. The largest absolute Gasteiger partial charge is 0.354 e. The number of amides is 5. The number of carbonyl (C=O) groups is 5. The van der Waals surface area contributed by atoms with Gasteiger partial charge >= 0.3 is 0 Å². The Morgan fingerprint density at radius 1 is 0.612 bits per heavy atom. The molecule has 11 heteroatoms. The van der Waals surface area contributed by atoms with Crippen LogP contribution in [0.2, 0.25) is 0 Å². The van der Waals surface area contributed by atoms with E-state index in [1.54, 1.807) is 9.80 Å². The molecule has 2 fully saturated rings. The normalized spacial score (nSPS) is 18.0. The van der Waals surface area contributed by atoms with Crippen LogP contribution in [0.1, 0.15) is 162 Å². The zero-order valence-corrected chi connectivity index (χ0v) is 31.0. The van der Waals surface area contributed by atoms with Crippen LogP contribution in [0.15, 0.2) is 0 Å². The van der Waals surface area contributed by atoms with Crippen molar-refractivity contribution in [2.45, 2.75) is 180 Å². The Kier molecular flexibility index (Phi) is 22.7. The molecule has 3 unspecified atom stereocenters. The van der Waals surface area contributed by atoms with E-state index < -0.39 is 18.1 Å². The van der Waals surface area contributed by atoms with E-state index in [1.165, 1.54) is 51.4 Å². The number of nitrogens with zero attached hydrogens (tertiary/aromatic N) is 2. The first kappa shape index (κ1) is 42.5. The number of unbranched alkanes of at least 4 members (excludes halogenated alkanes) is 13. The maximum Gasteiger partial charge on any atom is 0.243 e. The van der Waals surface area contributed by atoms with Gasteiger partial charge in [0, 0.05) is 45.6 Å². The smallest absolute Gasteiger partial charge is 0.243 e. The molecule has 0 bridgehead atoms. The molecule has 0 aromatic carbocycles. The lowest BCUT2D eigenvalue weighted by Crippen LogP contribution is -2.53. The third-order valence-electron chi connectivity index (χ3n) is 10.0. The van der Waals surface area contributed by atoms with Crippen molar-refractivity contribution < 1.29 is 24.0 Å². The molecule has 2 rings (SSSR count). The first-order valence-corrected chi connectivity index (χ1v) is 20.0. The Hall–Kier alpha value is -2.69. The number of hydrogen-bond donors (Lipinski definition) is 4. The number of rotatable bonds is 27. The summed E-state index contributed by atoms with van der Waals surface area (Å²) in [5.74, 6) is -0.588. The molecular formula is C38H70N6O5. The van der Waals surface area contributed by atoms with Gasteiger partial charge in [0.25, 0.3) is 0 Å². The average Bonchev–Trinajstić information content (AvgIpc) is 3.80. The van der Waals surface area contributed by atoms with Crippen molar-refractivity contribution >= 4 is 29.5 Å². The molecule has 0 saturated carbocycles. The van der Waals surface area contributed by atoms with Gasteiger partial charge in [0.15, 0.2) is 0 Å². The molecule has 5 N–H and O–H groups in total. The van der Waals surface area contributed by atoms with Gasteiger partial charge in [-0.05, 0) is 57.8 Å². The first-order valence-electron chi connectivity index (χ1n) is 20.0. The molecule has 0 aliphatic carbocycles. The van der Waals surface area contributed by atoms with Gasteiger partial charge in [-0.25, -0.2) is 0 Å². The fourth-order valence-corrected chi connectivity index (χ4v) is 7.09. The number of nitrogens with one attached hydrogen (secondary N) is 3. The maximum absolute atomic E-state index is 13.4. The van der Waals surface area contributed by atoms with Gasteiger partial charge in [-0.2, -0.15) is 0 Å². The molecule has 282 valence electrons. The van der Waals surface area contributed by atoms with Gasteiger partial charge in [-0.15, -0.1) is 0 Å². The SMILES string of the molecule is CCCCCCCCCC(=O)N1CCCC1C(=O)NCCCCC(NC(=O)C1CCCN1C(=O)CCCCCCCCC)C(=O)NCCN. The van der Waals surface area contributed by atoms with Crippen molar-refractivity contribution in [1.82, 2.24) is 25.8 Å². The Labute approximate surface area is 297 Å². The van der Waals surface area contributed by atoms with Crippen molar-refractivity contribution in [3.63, 3.8) is 0 Å². The van der Waals surface area contributed by atoms with Crippen LogP contribution in [0.3, 0.4) is 0 Å². The summed E-state index contributed by atoms with van der Waals surface area (Å²) in [4.78, 5) is 68.7. The zero-order valence-electron chi connectivity index (χ0n) is 31.0. The summed E-state index contributed by atoms with van der Waals surface area (Å²) in [6.07, 6.45) is 21.5. The van der Waals surface area contributed by atoms with Crippen molar-refractivity contribution in [1.29, 1.82) is 0 Å². The van der Waals surface area contributed by atoms with E-state index >= 15 is 0 Å². The van der Waals surface area contributed by atoms with E-state index in [9.17, 15) is 24.0 Å². The van der Waals surface area contributed by atoms with E-state index in [4.69, 9.17) is 5.73 Å². The molecule has 2 aliphatic heterocycles. The summed E-state index contributed by atoms with van der Waals surface area (Å²) in [5.41, 5.74) is 5.60. The minimum atomic E-state index is -0.745. The van der Waals surface area contributed by atoms with Crippen LogP contribution in [-0.2, 0) is 24.0 Å². The molecule has 3 atom stereocenters. The minimum absolute atomic E-state index is 0.0198. The summed E-state index contributed by atoms with van der Waals surface area (Å²) >= 11 is 0. The van der Waals surface area contributed by atoms with Gasteiger partial charge in [0.05, 0.1) is 0 Å². The van der Waals surface area contributed by atoms with Crippen molar-refractivity contribution in [2.75, 3.05) is 32.7 Å². The monoisotopic (exact) mass is 691 g/mol. The molecule has 0 spiro atoms. The van der Waals surface area contributed by atoms with Crippen LogP contribution in [0, 0.1) is 0 Å². The summed E-state index contributed by atoms with van der Waals surface area (Å²) in [5, 5.41) is 8.72. The predicted molar refractivity (Wildman–Crippen MR) is 196 cm³/mol. The van der Waals surface area contributed by atoms with Gasteiger partial charge in [-0.3, -0.25) is 24.0 Å². The van der Waals surface area contributed by atoms with Crippen molar-refractivity contribution in [3.05, 3.63) is 0 Å². The summed E-state index contributed by atoms with van der Waals surface area (Å²) in [7, 11) is 0. The van der Waals surface area contributed by atoms with E-state index in [0.29, 0.717) is 77.7 Å². The number of likely N-dealkylation sites (tertiary alicyclic amines) is 2. The standard InChI is InChI=1S/C38H70N6O5/c1-3-5-7-9-11-13-15-24-34(45)43-29-19-22-32(43)37(48)40-27-18-17-21-31(36(47)41-28-26-39)42-38(49)33-23-20-30-44(33)35(46)25-16-14-12-10-8-6-4-2/h31-33H,3-30,39H2,1-2H3,(H,40,48)(H,41,47)(H,42,49). The molecule has 11 nitrogen and oxygen atoms in total. The van der Waals surface area contributed by atoms with E-state index in [0.717, 1.165) is 51.4 Å². The molecular weight excluding hydrogens is 620 g/mol. The molecule has 5 amide bonds. The molecule has 2 saturated heterocycles. The van der Waals surface area contributed by atoms with Crippen molar-refractivity contribution in [2.24, 2.45) is 5.73 Å². The van der Waals surface area contributed by atoms with Gasteiger partial charge in [0.2, 0.25) is 29.5 Å². The van der Waals surface area contributed by atoms with E-state index in [1.807, 2.05) is 0 Å². The number of hydrogen-bond acceptors (Lipinski definition) is 6. The van der Waals surface area contributed by atoms with E-state index in [2.05, 4.69) is 29.8 Å². The fraction of sp³-hybridized carbons (Fsp3) is 0.868. The Morgan fingerprint density at radius 3 is 1.61 bits per heavy atom. The third-order valence-corrected chi connectivity index (χ3v) is 10.0. The molecule has 2 heterocycles. The second-order valence-electron chi connectivity index (χ2n) is 14.2. The maximum atomic E-state index is 13.4. The van der Waals surface area contributed by atoms with Crippen LogP contribution >= 0.6 is 0 Å². The number of nitrogens with two attached hydrogens (primary N) is 1. The summed E-state index contributed by atoms with van der Waals surface area (Å²) < 4.78 is 0. The van der Waals surface area contributed by atoms with Gasteiger partial charge < -0.3 is 31.5 Å². The average molecular weight is 691 g/mol. The lowest BCUT2D eigenvalue weighted by Gasteiger charge is -2.26. The third kappa shape index (κ3) is 16.7. The molecule has 2 aliphatic rings.